The number of ether oxygens (including phenoxy) is 2. The lowest BCUT2D eigenvalue weighted by Gasteiger charge is -2.12. The van der Waals surface area contributed by atoms with E-state index in [1.165, 1.54) is 0 Å². The molecule has 6 heteroatoms. The molecule has 1 aliphatic heterocycles. The molecule has 0 N–H and O–H groups in total. The zero-order valence-electron chi connectivity index (χ0n) is 11.1. The van der Waals surface area contributed by atoms with E-state index in [2.05, 4.69) is 20.9 Å². The first-order chi connectivity index (χ1) is 9.69. The van der Waals surface area contributed by atoms with E-state index in [0.717, 1.165) is 10.9 Å². The third-order valence-corrected chi connectivity index (χ3v) is 3.60. The monoisotopic (exact) mass is 338 g/mol. The molecule has 5 nitrogen and oxygen atoms in total. The molecule has 0 aliphatic carbocycles. The van der Waals surface area contributed by atoms with Crippen LogP contribution in [0.1, 0.15) is 13.3 Å². The van der Waals surface area contributed by atoms with Gasteiger partial charge in [0.25, 0.3) is 11.6 Å². The summed E-state index contributed by atoms with van der Waals surface area (Å²) in [5, 5.41) is 0.587. The van der Waals surface area contributed by atoms with Gasteiger partial charge in [0, 0.05) is 4.47 Å². The maximum Gasteiger partial charge on any atom is 0.299 e. The average Bonchev–Trinajstić information content (AvgIpc) is 3.25. The Labute approximate surface area is 124 Å². The van der Waals surface area contributed by atoms with Gasteiger partial charge in [-0.1, -0.05) is 22.9 Å². The summed E-state index contributed by atoms with van der Waals surface area (Å²) < 4.78 is 13.3. The lowest BCUT2D eigenvalue weighted by Crippen LogP contribution is -2.26. The third kappa shape index (κ3) is 2.71. The maximum absolute atomic E-state index is 12.6. The van der Waals surface area contributed by atoms with Gasteiger partial charge >= 0.3 is 0 Å². The summed E-state index contributed by atoms with van der Waals surface area (Å²) in [6, 6.07) is 5.85. The van der Waals surface area contributed by atoms with Crippen molar-refractivity contribution in [1.82, 2.24) is 9.55 Å². The van der Waals surface area contributed by atoms with Gasteiger partial charge < -0.3 is 9.47 Å². The van der Waals surface area contributed by atoms with Crippen molar-refractivity contribution in [2.75, 3.05) is 13.2 Å². The molecule has 0 spiro atoms. The van der Waals surface area contributed by atoms with Crippen LogP contribution in [-0.4, -0.2) is 28.9 Å². The fourth-order valence-electron chi connectivity index (χ4n) is 2.01. The fourth-order valence-corrected chi connectivity index (χ4v) is 2.38. The number of nitrogens with zero attached hydrogens (tertiary/aromatic N) is 2. The highest BCUT2D eigenvalue weighted by Crippen LogP contribution is 2.20. The van der Waals surface area contributed by atoms with E-state index in [-0.39, 0.29) is 11.7 Å². The molecule has 1 atom stereocenters. The second-order valence-electron chi connectivity index (χ2n) is 4.78. The smallest absolute Gasteiger partial charge is 0.299 e. The second kappa shape index (κ2) is 5.54. The van der Waals surface area contributed by atoms with E-state index in [4.69, 9.17) is 9.47 Å². The van der Waals surface area contributed by atoms with Crippen LogP contribution in [0.25, 0.3) is 10.9 Å². The third-order valence-electron chi connectivity index (χ3n) is 3.11. The van der Waals surface area contributed by atoms with Gasteiger partial charge in [0.2, 0.25) is 0 Å². The van der Waals surface area contributed by atoms with E-state index in [1.54, 1.807) is 10.6 Å². The van der Waals surface area contributed by atoms with Crippen molar-refractivity contribution in [2.45, 2.75) is 26.0 Å². The first-order valence-electron chi connectivity index (χ1n) is 6.63. The predicted octanol–water partition coefficient (Wildman–Crippen LogP) is 2.35. The van der Waals surface area contributed by atoms with Crippen LogP contribution in [0.3, 0.4) is 0 Å². The largest absolute Gasteiger partial charge is 0.465 e. The van der Waals surface area contributed by atoms with Crippen molar-refractivity contribution >= 4 is 26.8 Å². The standard InChI is InChI=1S/C14H15BrN2O3/c1-2-5-19-14-16-12-4-3-9(15)6-11(12)13(18)17(14)7-10-8-20-10/h3-4,6,10H,2,5,7-8H2,1H3. The molecule has 1 saturated heterocycles. The molecule has 0 radical (unpaired) electrons. The van der Waals surface area contributed by atoms with Crippen molar-refractivity contribution in [2.24, 2.45) is 0 Å². The summed E-state index contributed by atoms with van der Waals surface area (Å²) in [4.78, 5) is 17.1. The van der Waals surface area contributed by atoms with Gasteiger partial charge in [-0.05, 0) is 24.6 Å². The number of epoxide rings is 1. The zero-order valence-corrected chi connectivity index (χ0v) is 12.7. The van der Waals surface area contributed by atoms with Crippen molar-refractivity contribution in [3.63, 3.8) is 0 Å². The lowest BCUT2D eigenvalue weighted by molar-refractivity contribution is 0.265. The average molecular weight is 339 g/mol. The number of fused-ring (bicyclic) bond motifs is 1. The summed E-state index contributed by atoms with van der Waals surface area (Å²) >= 11 is 3.38. The summed E-state index contributed by atoms with van der Waals surface area (Å²) in [6.45, 7) is 3.74. The Kier molecular flexibility index (Phi) is 3.76. The normalized spacial score (nSPS) is 17.4. The van der Waals surface area contributed by atoms with Crippen LogP contribution >= 0.6 is 15.9 Å². The molecule has 1 aromatic carbocycles. The Morgan fingerprint density at radius 2 is 2.35 bits per heavy atom. The minimum atomic E-state index is -0.0853. The van der Waals surface area contributed by atoms with Crippen LogP contribution in [-0.2, 0) is 11.3 Å². The Morgan fingerprint density at radius 3 is 3.05 bits per heavy atom. The van der Waals surface area contributed by atoms with Gasteiger partial charge in [-0.25, -0.2) is 0 Å². The molecule has 20 heavy (non-hydrogen) atoms. The van der Waals surface area contributed by atoms with E-state index < -0.39 is 0 Å². The molecule has 3 rings (SSSR count). The predicted molar refractivity (Wildman–Crippen MR) is 79.2 cm³/mol. The van der Waals surface area contributed by atoms with Gasteiger partial charge in [0.1, 0.15) is 0 Å². The molecule has 1 fully saturated rings. The first kappa shape index (κ1) is 13.6. The SMILES string of the molecule is CCCOc1nc2ccc(Br)cc2c(=O)n1CC1CO1. The number of hydrogen-bond donors (Lipinski definition) is 0. The number of halogens is 1. The highest BCUT2D eigenvalue weighted by atomic mass is 79.9. The topological polar surface area (TPSA) is 56.6 Å². The maximum atomic E-state index is 12.6. The molecule has 2 aromatic rings. The van der Waals surface area contributed by atoms with Crippen LogP contribution in [0.15, 0.2) is 27.5 Å². The van der Waals surface area contributed by atoms with Gasteiger partial charge in [-0.2, -0.15) is 4.98 Å². The zero-order chi connectivity index (χ0) is 14.1. The minimum Gasteiger partial charge on any atom is -0.465 e. The van der Waals surface area contributed by atoms with Gasteiger partial charge in [-0.3, -0.25) is 9.36 Å². The van der Waals surface area contributed by atoms with Crippen LogP contribution in [0.5, 0.6) is 6.01 Å². The molecule has 1 aromatic heterocycles. The van der Waals surface area contributed by atoms with Gasteiger partial charge in [0.05, 0.1) is 36.8 Å². The van der Waals surface area contributed by atoms with Crippen LogP contribution in [0.2, 0.25) is 0 Å². The van der Waals surface area contributed by atoms with Crippen molar-refractivity contribution in [1.29, 1.82) is 0 Å². The highest BCUT2D eigenvalue weighted by Gasteiger charge is 2.26. The number of benzene rings is 1. The van der Waals surface area contributed by atoms with Crippen LogP contribution in [0.4, 0.5) is 0 Å². The Hall–Kier alpha value is -1.40. The molecule has 0 bridgehead atoms. The second-order valence-corrected chi connectivity index (χ2v) is 5.69. The van der Waals surface area contributed by atoms with Crippen molar-refractivity contribution < 1.29 is 9.47 Å². The highest BCUT2D eigenvalue weighted by molar-refractivity contribution is 9.10. The minimum absolute atomic E-state index is 0.0853. The van der Waals surface area contributed by atoms with E-state index >= 15 is 0 Å². The molecule has 2 heterocycles. The summed E-state index contributed by atoms with van der Waals surface area (Å²) in [7, 11) is 0. The molecular formula is C14H15BrN2O3. The molecule has 1 aliphatic rings. The number of rotatable bonds is 5. The number of aromatic nitrogens is 2. The summed E-state index contributed by atoms with van der Waals surface area (Å²) in [5.41, 5.74) is 0.565. The first-order valence-corrected chi connectivity index (χ1v) is 7.43. The molecular weight excluding hydrogens is 324 g/mol. The van der Waals surface area contributed by atoms with Crippen LogP contribution < -0.4 is 10.3 Å². The van der Waals surface area contributed by atoms with Gasteiger partial charge in [-0.15, -0.1) is 0 Å². The Morgan fingerprint density at radius 1 is 1.55 bits per heavy atom. The summed E-state index contributed by atoms with van der Waals surface area (Å²) in [6.07, 6.45) is 0.969. The van der Waals surface area contributed by atoms with E-state index in [0.29, 0.717) is 36.7 Å². The van der Waals surface area contributed by atoms with Gasteiger partial charge in [0.15, 0.2) is 0 Å². The lowest BCUT2D eigenvalue weighted by atomic mass is 10.2. The van der Waals surface area contributed by atoms with Crippen molar-refractivity contribution in [3.8, 4) is 6.01 Å². The molecule has 0 amide bonds. The van der Waals surface area contributed by atoms with E-state index in [9.17, 15) is 4.79 Å². The van der Waals surface area contributed by atoms with Crippen molar-refractivity contribution in [3.05, 3.63) is 33.0 Å². The van der Waals surface area contributed by atoms with Crippen LogP contribution in [0, 0.1) is 0 Å². The Balaban J connectivity index is 2.13. The fraction of sp³-hybridized carbons (Fsp3) is 0.429. The number of hydrogen-bond acceptors (Lipinski definition) is 4. The molecule has 0 saturated carbocycles. The molecule has 1 unspecified atom stereocenters. The quantitative estimate of drug-likeness (QED) is 0.785. The summed E-state index contributed by atoms with van der Waals surface area (Å²) in [5.74, 6) is 0. The molecule has 106 valence electrons. The Bertz CT molecular complexity index is 695. The van der Waals surface area contributed by atoms with E-state index in [1.807, 2.05) is 19.1 Å².